The summed E-state index contributed by atoms with van der Waals surface area (Å²) in [6.07, 6.45) is 40.7. The van der Waals surface area contributed by atoms with Gasteiger partial charge in [0.2, 0.25) is 0 Å². The second kappa shape index (κ2) is 36.0. The van der Waals surface area contributed by atoms with Crippen LogP contribution in [0.15, 0.2) is 17.1 Å². The third-order valence-corrected chi connectivity index (χ3v) is 10.5. The van der Waals surface area contributed by atoms with Gasteiger partial charge in [0.05, 0.1) is 6.04 Å². The van der Waals surface area contributed by atoms with Crippen molar-refractivity contribution in [2.75, 3.05) is 26.2 Å². The Labute approximate surface area is 321 Å². The molecule has 0 fully saturated rings. The van der Waals surface area contributed by atoms with Crippen LogP contribution in [0.4, 0.5) is 0 Å². The summed E-state index contributed by atoms with van der Waals surface area (Å²) in [6, 6.07) is -0.903. The first-order chi connectivity index (χ1) is 25.2. The van der Waals surface area contributed by atoms with Gasteiger partial charge >= 0.3 is 0 Å². The Morgan fingerprint density at radius 3 is 1.33 bits per heavy atom. The van der Waals surface area contributed by atoms with E-state index in [1.54, 1.807) is 4.90 Å². The van der Waals surface area contributed by atoms with Crippen molar-refractivity contribution in [1.29, 1.82) is 0 Å². The first-order valence-corrected chi connectivity index (χ1v) is 22.0. The van der Waals surface area contributed by atoms with E-state index in [1.165, 1.54) is 141 Å². The van der Waals surface area contributed by atoms with Crippen LogP contribution in [-0.4, -0.2) is 60.3 Å². The topological polar surface area (TPSA) is 180 Å². The molecule has 9 nitrogen and oxygen atoms in total. The predicted molar refractivity (Wildman–Crippen MR) is 225 cm³/mol. The Morgan fingerprint density at radius 1 is 0.596 bits per heavy atom. The molecule has 0 heterocycles. The highest BCUT2D eigenvalue weighted by Gasteiger charge is 2.45. The molecule has 0 aliphatic carbocycles. The highest BCUT2D eigenvalue weighted by Crippen LogP contribution is 2.17. The summed E-state index contributed by atoms with van der Waals surface area (Å²) in [5.74, 6) is -0.894. The standard InChI is InChI=1S/C43H87N7O2/c1-3-5-7-9-11-13-15-17-19-20-22-24-26-28-30-32-37-50(36-31-29-27-25-23-21-18-16-14-12-10-8-6-4-2)41(52)43(48,38-44)40(51)39(45)34-33-35-49-42(46)47/h17,19,39H,3-16,18,20-38,44-45,48H2,1-2H3,(H4,46,47,49)/b19-17-. The fraction of sp³-hybridized carbons (Fsp3) is 0.884. The molecule has 0 aromatic heterocycles. The minimum Gasteiger partial charge on any atom is -0.370 e. The van der Waals surface area contributed by atoms with Crippen LogP contribution in [0.5, 0.6) is 0 Å². The van der Waals surface area contributed by atoms with E-state index in [0.717, 1.165) is 38.5 Å². The van der Waals surface area contributed by atoms with Crippen molar-refractivity contribution < 1.29 is 9.59 Å². The van der Waals surface area contributed by atoms with Crippen molar-refractivity contribution in [3.63, 3.8) is 0 Å². The fourth-order valence-corrected chi connectivity index (χ4v) is 6.92. The van der Waals surface area contributed by atoms with E-state index in [0.29, 0.717) is 32.5 Å². The number of Topliss-reactive ketones (excluding diaryl/α,β-unsaturated/α-hetero) is 1. The van der Waals surface area contributed by atoms with Crippen molar-refractivity contribution in [3.05, 3.63) is 12.2 Å². The van der Waals surface area contributed by atoms with Gasteiger partial charge in [-0.3, -0.25) is 14.6 Å². The smallest absolute Gasteiger partial charge is 0.251 e. The summed E-state index contributed by atoms with van der Waals surface area (Å²) < 4.78 is 0. The Kier molecular flexibility index (Phi) is 34.7. The molecule has 52 heavy (non-hydrogen) atoms. The molecular formula is C43H87N7O2. The van der Waals surface area contributed by atoms with Crippen molar-refractivity contribution in [1.82, 2.24) is 4.90 Å². The van der Waals surface area contributed by atoms with Gasteiger partial charge in [-0.15, -0.1) is 0 Å². The number of hydrogen-bond donors (Lipinski definition) is 5. The van der Waals surface area contributed by atoms with Crippen molar-refractivity contribution >= 4 is 17.6 Å². The Morgan fingerprint density at radius 2 is 0.962 bits per heavy atom. The van der Waals surface area contributed by atoms with Gasteiger partial charge in [-0.05, 0) is 51.4 Å². The van der Waals surface area contributed by atoms with E-state index >= 15 is 0 Å². The van der Waals surface area contributed by atoms with Crippen molar-refractivity contribution in [3.8, 4) is 0 Å². The molecule has 2 unspecified atom stereocenters. The largest absolute Gasteiger partial charge is 0.370 e. The molecule has 0 bridgehead atoms. The lowest BCUT2D eigenvalue weighted by molar-refractivity contribution is -0.143. The lowest BCUT2D eigenvalue weighted by Crippen LogP contribution is -2.68. The zero-order valence-electron chi connectivity index (χ0n) is 34.4. The quantitative estimate of drug-likeness (QED) is 0.0137. The molecule has 9 heteroatoms. The SMILES string of the molecule is CCCCCCCC/C=C\CCCCCCCCN(CCCCCCCCCCCCCCCC)C(=O)C(N)(CN)C(=O)C(N)CCCN=C(N)N. The van der Waals surface area contributed by atoms with E-state index in [1.807, 2.05) is 0 Å². The van der Waals surface area contributed by atoms with E-state index in [-0.39, 0.29) is 18.4 Å². The number of guanidine groups is 1. The maximum absolute atomic E-state index is 13.9. The second-order valence-electron chi connectivity index (χ2n) is 15.4. The van der Waals surface area contributed by atoms with Crippen molar-refractivity contribution in [2.45, 2.75) is 218 Å². The Balaban J connectivity index is 4.71. The molecule has 306 valence electrons. The number of allylic oxidation sites excluding steroid dienone is 2. The Hall–Kier alpha value is -1.97. The summed E-state index contributed by atoms with van der Waals surface area (Å²) in [5, 5.41) is 0. The molecule has 0 aliphatic rings. The van der Waals surface area contributed by atoms with E-state index < -0.39 is 17.4 Å². The van der Waals surface area contributed by atoms with Gasteiger partial charge in [0, 0.05) is 26.2 Å². The molecule has 1 amide bonds. The molecule has 0 aromatic rings. The molecule has 2 atom stereocenters. The van der Waals surface area contributed by atoms with Gasteiger partial charge in [0.15, 0.2) is 17.3 Å². The maximum Gasteiger partial charge on any atom is 0.251 e. The summed E-state index contributed by atoms with van der Waals surface area (Å²) >= 11 is 0. The highest BCUT2D eigenvalue weighted by atomic mass is 16.2. The van der Waals surface area contributed by atoms with Crippen LogP contribution < -0.4 is 28.7 Å². The van der Waals surface area contributed by atoms with E-state index in [9.17, 15) is 9.59 Å². The third-order valence-electron chi connectivity index (χ3n) is 10.5. The monoisotopic (exact) mass is 734 g/mol. The third kappa shape index (κ3) is 27.6. The highest BCUT2D eigenvalue weighted by molar-refractivity contribution is 6.12. The lowest BCUT2D eigenvalue weighted by Gasteiger charge is -2.34. The number of unbranched alkanes of at least 4 members (excludes halogenated alkanes) is 25. The van der Waals surface area contributed by atoms with Gasteiger partial charge in [0.1, 0.15) is 0 Å². The summed E-state index contributed by atoms with van der Waals surface area (Å²) in [4.78, 5) is 33.1. The first-order valence-electron chi connectivity index (χ1n) is 22.0. The van der Waals surface area contributed by atoms with Crippen LogP contribution in [0.25, 0.3) is 0 Å². The van der Waals surface area contributed by atoms with Gasteiger partial charge in [-0.25, -0.2) is 0 Å². The molecule has 0 aliphatic heterocycles. The molecule has 0 aromatic carbocycles. The van der Waals surface area contributed by atoms with Crippen LogP contribution in [0.1, 0.15) is 206 Å². The van der Waals surface area contributed by atoms with Crippen molar-refractivity contribution in [2.24, 2.45) is 33.7 Å². The number of carbonyl (C=O) groups excluding carboxylic acids is 2. The van der Waals surface area contributed by atoms with Crippen LogP contribution in [-0.2, 0) is 9.59 Å². The zero-order valence-corrected chi connectivity index (χ0v) is 34.4. The minimum absolute atomic E-state index is 0.00409. The predicted octanol–water partition coefficient (Wildman–Crippen LogP) is 8.94. The lowest BCUT2D eigenvalue weighted by atomic mass is 9.87. The number of carbonyl (C=O) groups is 2. The van der Waals surface area contributed by atoms with Gasteiger partial charge < -0.3 is 33.6 Å². The first kappa shape index (κ1) is 50.0. The number of aliphatic imine (C=N–C) groups is 1. The van der Waals surface area contributed by atoms with E-state index in [4.69, 9.17) is 28.7 Å². The fourth-order valence-electron chi connectivity index (χ4n) is 6.92. The van der Waals surface area contributed by atoms with Gasteiger partial charge in [-0.2, -0.15) is 0 Å². The van der Waals surface area contributed by atoms with Crippen LogP contribution in [0, 0.1) is 0 Å². The second-order valence-corrected chi connectivity index (χ2v) is 15.4. The average Bonchev–Trinajstić information content (AvgIpc) is 3.14. The summed E-state index contributed by atoms with van der Waals surface area (Å²) in [7, 11) is 0. The molecular weight excluding hydrogens is 647 g/mol. The molecule has 0 rings (SSSR count). The van der Waals surface area contributed by atoms with Crippen LogP contribution >= 0.6 is 0 Å². The Bertz CT molecular complexity index is 893. The molecule has 0 radical (unpaired) electrons. The number of ketones is 1. The van der Waals surface area contributed by atoms with E-state index in [2.05, 4.69) is 31.0 Å². The average molecular weight is 734 g/mol. The normalized spacial score (nSPS) is 13.3. The molecule has 0 spiro atoms. The van der Waals surface area contributed by atoms with Crippen LogP contribution in [0.2, 0.25) is 0 Å². The van der Waals surface area contributed by atoms with Gasteiger partial charge in [0.25, 0.3) is 5.91 Å². The summed E-state index contributed by atoms with van der Waals surface area (Å²) in [5.41, 5.74) is 27.8. The molecule has 0 saturated carbocycles. The zero-order chi connectivity index (χ0) is 38.5. The number of hydrogen-bond acceptors (Lipinski definition) is 6. The number of amides is 1. The summed E-state index contributed by atoms with van der Waals surface area (Å²) in [6.45, 7) is 5.80. The maximum atomic E-state index is 13.9. The number of nitrogens with zero attached hydrogens (tertiary/aromatic N) is 2. The molecule has 0 saturated heterocycles. The van der Waals surface area contributed by atoms with Crippen LogP contribution in [0.3, 0.4) is 0 Å². The molecule has 10 N–H and O–H groups in total. The minimum atomic E-state index is -1.83. The number of rotatable bonds is 39. The van der Waals surface area contributed by atoms with Gasteiger partial charge in [-0.1, -0.05) is 167 Å². The number of nitrogens with two attached hydrogens (primary N) is 5.